The van der Waals surface area contributed by atoms with Crippen LogP contribution in [0.4, 0.5) is 4.39 Å². The van der Waals surface area contributed by atoms with Crippen molar-refractivity contribution in [1.29, 1.82) is 0 Å². The van der Waals surface area contributed by atoms with Crippen LogP contribution in [0.25, 0.3) is 11.1 Å². The van der Waals surface area contributed by atoms with Crippen molar-refractivity contribution in [2.24, 2.45) is 0 Å². The SMILES string of the molecule is Fc1cccc(-c2cc(CNCCc3cccc(Cl)c3)ccc2Cl)c1. The maximum absolute atomic E-state index is 13.5. The van der Waals surface area contributed by atoms with E-state index in [1.807, 2.05) is 42.5 Å². The molecule has 0 atom stereocenters. The molecule has 0 saturated heterocycles. The molecule has 0 amide bonds. The average Bonchev–Trinajstić information content (AvgIpc) is 2.60. The zero-order valence-electron chi connectivity index (χ0n) is 13.6. The van der Waals surface area contributed by atoms with E-state index in [0.717, 1.165) is 41.2 Å². The summed E-state index contributed by atoms with van der Waals surface area (Å²) in [6, 6.07) is 20.2. The summed E-state index contributed by atoms with van der Waals surface area (Å²) in [6.07, 6.45) is 0.908. The Morgan fingerprint density at radius 3 is 2.48 bits per heavy atom. The van der Waals surface area contributed by atoms with Gasteiger partial charge in [-0.1, -0.05) is 53.5 Å². The van der Waals surface area contributed by atoms with Gasteiger partial charge in [0, 0.05) is 22.2 Å². The van der Waals surface area contributed by atoms with Crippen LogP contribution in [-0.2, 0) is 13.0 Å². The summed E-state index contributed by atoms with van der Waals surface area (Å²) in [7, 11) is 0. The summed E-state index contributed by atoms with van der Waals surface area (Å²) >= 11 is 12.3. The number of halogens is 3. The Morgan fingerprint density at radius 2 is 1.68 bits per heavy atom. The molecule has 1 nitrogen and oxygen atoms in total. The van der Waals surface area contributed by atoms with Crippen LogP contribution in [0.5, 0.6) is 0 Å². The molecule has 3 aromatic rings. The van der Waals surface area contributed by atoms with Crippen LogP contribution in [0, 0.1) is 5.82 Å². The van der Waals surface area contributed by atoms with E-state index in [-0.39, 0.29) is 5.82 Å². The minimum absolute atomic E-state index is 0.265. The van der Waals surface area contributed by atoms with Gasteiger partial charge >= 0.3 is 0 Å². The lowest BCUT2D eigenvalue weighted by atomic mass is 10.0. The fourth-order valence-corrected chi connectivity index (χ4v) is 3.16. The molecule has 0 radical (unpaired) electrons. The first-order chi connectivity index (χ1) is 12.1. The molecule has 1 N–H and O–H groups in total. The second kappa shape index (κ2) is 8.48. The fourth-order valence-electron chi connectivity index (χ4n) is 2.72. The van der Waals surface area contributed by atoms with Gasteiger partial charge in [0.2, 0.25) is 0 Å². The molecular formula is C21H18Cl2FN. The van der Waals surface area contributed by atoms with Crippen molar-refractivity contribution < 1.29 is 4.39 Å². The van der Waals surface area contributed by atoms with Gasteiger partial charge in [-0.25, -0.2) is 4.39 Å². The molecule has 3 aromatic carbocycles. The molecule has 0 aliphatic carbocycles. The van der Waals surface area contributed by atoms with E-state index in [2.05, 4.69) is 11.4 Å². The van der Waals surface area contributed by atoms with Crippen molar-refractivity contribution in [2.75, 3.05) is 6.54 Å². The summed E-state index contributed by atoms with van der Waals surface area (Å²) in [5, 5.41) is 4.80. The van der Waals surface area contributed by atoms with Gasteiger partial charge in [0.25, 0.3) is 0 Å². The van der Waals surface area contributed by atoms with E-state index in [1.165, 1.54) is 17.7 Å². The lowest BCUT2D eigenvalue weighted by molar-refractivity contribution is 0.628. The lowest BCUT2D eigenvalue weighted by Crippen LogP contribution is -2.16. The van der Waals surface area contributed by atoms with Crippen LogP contribution in [0.2, 0.25) is 10.0 Å². The molecule has 4 heteroatoms. The van der Waals surface area contributed by atoms with Crippen LogP contribution in [0.3, 0.4) is 0 Å². The molecule has 0 heterocycles. The van der Waals surface area contributed by atoms with Crippen LogP contribution >= 0.6 is 23.2 Å². The summed E-state index contributed by atoms with van der Waals surface area (Å²) < 4.78 is 13.5. The number of hydrogen-bond donors (Lipinski definition) is 1. The van der Waals surface area contributed by atoms with E-state index in [0.29, 0.717) is 5.02 Å². The van der Waals surface area contributed by atoms with Gasteiger partial charge in [-0.2, -0.15) is 0 Å². The number of rotatable bonds is 6. The second-order valence-corrected chi connectivity index (χ2v) is 6.72. The van der Waals surface area contributed by atoms with Gasteiger partial charge in [0.15, 0.2) is 0 Å². The highest BCUT2D eigenvalue weighted by Crippen LogP contribution is 2.29. The minimum Gasteiger partial charge on any atom is -0.312 e. The Morgan fingerprint density at radius 1 is 0.840 bits per heavy atom. The van der Waals surface area contributed by atoms with E-state index in [4.69, 9.17) is 23.2 Å². The average molecular weight is 374 g/mol. The third-order valence-corrected chi connectivity index (χ3v) is 4.54. The second-order valence-electron chi connectivity index (χ2n) is 5.88. The van der Waals surface area contributed by atoms with Gasteiger partial charge < -0.3 is 5.32 Å². The molecule has 3 rings (SSSR count). The molecule has 0 saturated carbocycles. The summed E-state index contributed by atoms with van der Waals surface area (Å²) in [5.41, 5.74) is 3.94. The lowest BCUT2D eigenvalue weighted by Gasteiger charge is -2.10. The summed E-state index contributed by atoms with van der Waals surface area (Å²) in [6.45, 7) is 1.57. The molecule has 0 aromatic heterocycles. The van der Waals surface area contributed by atoms with Gasteiger partial charge in [0.05, 0.1) is 0 Å². The largest absolute Gasteiger partial charge is 0.312 e. The van der Waals surface area contributed by atoms with Crippen LogP contribution in [0.1, 0.15) is 11.1 Å². The van der Waals surface area contributed by atoms with Crippen molar-refractivity contribution >= 4 is 23.2 Å². The first-order valence-corrected chi connectivity index (χ1v) is 8.87. The standard InChI is InChI=1S/C21H18Cl2FN/c22-18-5-1-3-15(11-18)9-10-25-14-16-7-8-21(23)20(12-16)17-4-2-6-19(24)13-17/h1-8,11-13,25H,9-10,14H2. The zero-order chi connectivity index (χ0) is 17.6. The highest BCUT2D eigenvalue weighted by atomic mass is 35.5. The van der Waals surface area contributed by atoms with Crippen molar-refractivity contribution in [3.05, 3.63) is 93.7 Å². The molecule has 0 fully saturated rings. The van der Waals surface area contributed by atoms with Crippen molar-refractivity contribution in [3.8, 4) is 11.1 Å². The maximum Gasteiger partial charge on any atom is 0.123 e. The van der Waals surface area contributed by atoms with Gasteiger partial charge in [0.1, 0.15) is 5.82 Å². The quantitative estimate of drug-likeness (QED) is 0.512. The molecule has 0 bridgehead atoms. The Labute approximate surface area is 157 Å². The monoisotopic (exact) mass is 373 g/mol. The Kier molecular flexibility index (Phi) is 6.09. The first-order valence-electron chi connectivity index (χ1n) is 8.11. The third-order valence-electron chi connectivity index (χ3n) is 3.97. The van der Waals surface area contributed by atoms with Crippen molar-refractivity contribution in [3.63, 3.8) is 0 Å². The smallest absolute Gasteiger partial charge is 0.123 e. The molecule has 0 aliphatic rings. The summed E-state index contributed by atoms with van der Waals surface area (Å²) in [4.78, 5) is 0. The van der Waals surface area contributed by atoms with Gasteiger partial charge in [-0.15, -0.1) is 0 Å². The topological polar surface area (TPSA) is 12.0 Å². The summed E-state index contributed by atoms with van der Waals surface area (Å²) in [5.74, 6) is -0.265. The van der Waals surface area contributed by atoms with Gasteiger partial charge in [-0.05, 0) is 66.1 Å². The van der Waals surface area contributed by atoms with E-state index < -0.39 is 0 Å². The molecule has 128 valence electrons. The third kappa shape index (κ3) is 5.05. The van der Waals surface area contributed by atoms with Crippen molar-refractivity contribution in [2.45, 2.75) is 13.0 Å². The molecular weight excluding hydrogens is 356 g/mol. The fraction of sp³-hybridized carbons (Fsp3) is 0.143. The normalized spacial score (nSPS) is 10.8. The molecule has 0 unspecified atom stereocenters. The molecule has 0 spiro atoms. The zero-order valence-corrected chi connectivity index (χ0v) is 15.1. The minimum atomic E-state index is -0.265. The van der Waals surface area contributed by atoms with Crippen LogP contribution in [-0.4, -0.2) is 6.54 Å². The Balaban J connectivity index is 1.62. The van der Waals surface area contributed by atoms with Crippen LogP contribution < -0.4 is 5.32 Å². The van der Waals surface area contributed by atoms with E-state index in [1.54, 1.807) is 6.07 Å². The Bertz CT molecular complexity index is 864. The maximum atomic E-state index is 13.5. The Hall–Kier alpha value is -1.87. The number of benzene rings is 3. The van der Waals surface area contributed by atoms with Gasteiger partial charge in [-0.3, -0.25) is 0 Å². The predicted molar refractivity (Wildman–Crippen MR) is 104 cm³/mol. The van der Waals surface area contributed by atoms with Crippen LogP contribution in [0.15, 0.2) is 66.7 Å². The highest BCUT2D eigenvalue weighted by Gasteiger charge is 2.06. The van der Waals surface area contributed by atoms with E-state index in [9.17, 15) is 4.39 Å². The highest BCUT2D eigenvalue weighted by molar-refractivity contribution is 6.33. The van der Waals surface area contributed by atoms with E-state index >= 15 is 0 Å². The van der Waals surface area contributed by atoms with Crippen molar-refractivity contribution in [1.82, 2.24) is 5.32 Å². The number of hydrogen-bond acceptors (Lipinski definition) is 1. The first kappa shape index (κ1) is 17.9. The number of nitrogens with one attached hydrogen (secondary N) is 1. The predicted octanol–water partition coefficient (Wildman–Crippen LogP) is 6.13. The molecule has 0 aliphatic heterocycles. The molecule has 25 heavy (non-hydrogen) atoms.